The van der Waals surface area contributed by atoms with Gasteiger partial charge in [0.25, 0.3) is 0 Å². The molecule has 0 aliphatic rings. The lowest BCUT2D eigenvalue weighted by atomic mass is 10.2. The first-order valence-corrected chi connectivity index (χ1v) is 9.11. The quantitative estimate of drug-likeness (QED) is 0.806. The number of benzene rings is 1. The van der Waals surface area contributed by atoms with Crippen molar-refractivity contribution in [1.29, 1.82) is 0 Å². The van der Waals surface area contributed by atoms with Crippen LogP contribution in [0.2, 0.25) is 0 Å². The van der Waals surface area contributed by atoms with Crippen LogP contribution in [0.5, 0.6) is 0 Å². The zero-order valence-corrected chi connectivity index (χ0v) is 13.1. The first kappa shape index (κ1) is 16.3. The van der Waals surface area contributed by atoms with E-state index in [-0.39, 0.29) is 23.7 Å². The number of anilines is 1. The van der Waals surface area contributed by atoms with Gasteiger partial charge in [0.2, 0.25) is 0 Å². The van der Waals surface area contributed by atoms with Crippen LogP contribution in [0.1, 0.15) is 13.8 Å². The molecule has 0 spiro atoms. The van der Waals surface area contributed by atoms with Gasteiger partial charge >= 0.3 is 0 Å². The SMILES string of the molecule is CCS(=O)(=O)c1ccc(NC(C)C(CO)SC)cc1. The fraction of sp³-hybridized carbons (Fsp3) is 0.538. The van der Waals surface area contributed by atoms with Crippen molar-refractivity contribution in [2.75, 3.05) is 23.9 Å². The monoisotopic (exact) mass is 303 g/mol. The van der Waals surface area contributed by atoms with E-state index in [1.165, 1.54) is 0 Å². The fourth-order valence-corrected chi connectivity index (χ4v) is 3.23. The van der Waals surface area contributed by atoms with Gasteiger partial charge in [-0.3, -0.25) is 0 Å². The molecule has 6 heteroatoms. The predicted molar refractivity (Wildman–Crippen MR) is 81.6 cm³/mol. The molecule has 0 amide bonds. The zero-order chi connectivity index (χ0) is 14.5. The van der Waals surface area contributed by atoms with E-state index in [1.54, 1.807) is 43.0 Å². The minimum absolute atomic E-state index is 0.105. The van der Waals surface area contributed by atoms with Crippen LogP contribution in [0, 0.1) is 0 Å². The van der Waals surface area contributed by atoms with Crippen LogP contribution in [0.3, 0.4) is 0 Å². The molecule has 0 fully saturated rings. The van der Waals surface area contributed by atoms with Gasteiger partial charge in [-0.1, -0.05) is 6.92 Å². The molecular formula is C13H21NO3S2. The number of thioether (sulfide) groups is 1. The molecule has 2 atom stereocenters. The number of sulfone groups is 1. The topological polar surface area (TPSA) is 66.4 Å². The third kappa shape index (κ3) is 4.40. The molecule has 0 saturated heterocycles. The van der Waals surface area contributed by atoms with Crippen LogP contribution in [-0.4, -0.2) is 43.4 Å². The summed E-state index contributed by atoms with van der Waals surface area (Å²) in [4.78, 5) is 0.344. The molecule has 0 heterocycles. The van der Waals surface area contributed by atoms with Crippen LogP contribution in [0.15, 0.2) is 29.2 Å². The summed E-state index contributed by atoms with van der Waals surface area (Å²) in [5.41, 5.74) is 0.857. The van der Waals surface area contributed by atoms with E-state index in [4.69, 9.17) is 0 Å². The molecule has 108 valence electrons. The smallest absolute Gasteiger partial charge is 0.178 e. The summed E-state index contributed by atoms with van der Waals surface area (Å²) in [6, 6.07) is 6.84. The fourth-order valence-electron chi connectivity index (χ4n) is 1.72. The molecular weight excluding hydrogens is 282 g/mol. The first-order chi connectivity index (χ1) is 8.94. The highest BCUT2D eigenvalue weighted by Gasteiger charge is 2.15. The van der Waals surface area contributed by atoms with Gasteiger partial charge in [-0.05, 0) is 37.4 Å². The zero-order valence-electron chi connectivity index (χ0n) is 11.5. The Kier molecular flexibility index (Phi) is 6.16. The number of hydrogen-bond acceptors (Lipinski definition) is 5. The molecule has 2 unspecified atom stereocenters. The number of nitrogens with one attached hydrogen (secondary N) is 1. The Labute approximate surface area is 119 Å². The highest BCUT2D eigenvalue weighted by Crippen LogP contribution is 2.19. The van der Waals surface area contributed by atoms with Crippen molar-refractivity contribution in [1.82, 2.24) is 0 Å². The van der Waals surface area contributed by atoms with E-state index in [9.17, 15) is 13.5 Å². The third-order valence-corrected chi connectivity index (χ3v) is 5.94. The summed E-state index contributed by atoms with van der Waals surface area (Å²) in [5, 5.41) is 12.6. The van der Waals surface area contributed by atoms with Gasteiger partial charge in [-0.25, -0.2) is 8.42 Å². The Morgan fingerprint density at radius 1 is 1.32 bits per heavy atom. The van der Waals surface area contributed by atoms with Gasteiger partial charge in [-0.2, -0.15) is 11.8 Å². The van der Waals surface area contributed by atoms with Crippen molar-refractivity contribution in [3.05, 3.63) is 24.3 Å². The lowest BCUT2D eigenvalue weighted by Crippen LogP contribution is -2.30. The molecule has 0 bridgehead atoms. The van der Waals surface area contributed by atoms with E-state index in [1.807, 2.05) is 13.2 Å². The van der Waals surface area contributed by atoms with E-state index in [0.717, 1.165) is 5.69 Å². The predicted octanol–water partition coefficient (Wildman–Crippen LogP) is 2.00. The number of hydrogen-bond donors (Lipinski definition) is 2. The Morgan fingerprint density at radius 2 is 1.89 bits per heavy atom. The first-order valence-electron chi connectivity index (χ1n) is 6.17. The van der Waals surface area contributed by atoms with Gasteiger partial charge in [0.05, 0.1) is 17.3 Å². The number of aliphatic hydroxyl groups is 1. The molecule has 0 aromatic heterocycles. The molecule has 0 saturated carbocycles. The second-order valence-electron chi connectivity index (χ2n) is 4.32. The largest absolute Gasteiger partial charge is 0.395 e. The Bertz CT molecular complexity index is 481. The lowest BCUT2D eigenvalue weighted by Gasteiger charge is -2.22. The summed E-state index contributed by atoms with van der Waals surface area (Å²) >= 11 is 1.60. The van der Waals surface area contributed by atoms with Gasteiger partial charge < -0.3 is 10.4 Å². The lowest BCUT2D eigenvalue weighted by molar-refractivity contribution is 0.288. The summed E-state index contributed by atoms with van der Waals surface area (Å²) in [5.74, 6) is 0.106. The molecule has 0 aliphatic heterocycles. The highest BCUT2D eigenvalue weighted by molar-refractivity contribution is 7.99. The van der Waals surface area contributed by atoms with Crippen LogP contribution < -0.4 is 5.32 Å². The van der Waals surface area contributed by atoms with Crippen molar-refractivity contribution in [2.45, 2.75) is 30.0 Å². The van der Waals surface area contributed by atoms with E-state index < -0.39 is 9.84 Å². The second kappa shape index (κ2) is 7.17. The second-order valence-corrected chi connectivity index (χ2v) is 7.67. The van der Waals surface area contributed by atoms with E-state index in [2.05, 4.69) is 5.32 Å². The number of aliphatic hydroxyl groups excluding tert-OH is 1. The molecule has 0 radical (unpaired) electrons. The molecule has 19 heavy (non-hydrogen) atoms. The standard InChI is InChI=1S/C13H21NO3S2/c1-4-19(16,17)12-7-5-11(6-8-12)14-10(2)13(9-15)18-3/h5-8,10,13-15H,4,9H2,1-3H3. The maximum absolute atomic E-state index is 11.7. The minimum atomic E-state index is -3.14. The molecule has 1 aromatic rings. The van der Waals surface area contributed by atoms with Gasteiger partial charge in [0, 0.05) is 17.0 Å². The van der Waals surface area contributed by atoms with Crippen LogP contribution in [-0.2, 0) is 9.84 Å². The van der Waals surface area contributed by atoms with E-state index >= 15 is 0 Å². The average Bonchev–Trinajstić information content (AvgIpc) is 2.40. The number of rotatable bonds is 7. The van der Waals surface area contributed by atoms with Crippen molar-refractivity contribution in [3.8, 4) is 0 Å². The average molecular weight is 303 g/mol. The minimum Gasteiger partial charge on any atom is -0.395 e. The highest BCUT2D eigenvalue weighted by atomic mass is 32.2. The Morgan fingerprint density at radius 3 is 2.32 bits per heavy atom. The van der Waals surface area contributed by atoms with E-state index in [0.29, 0.717) is 4.90 Å². The van der Waals surface area contributed by atoms with Crippen LogP contribution in [0.25, 0.3) is 0 Å². The van der Waals surface area contributed by atoms with Crippen molar-refractivity contribution < 1.29 is 13.5 Å². The maximum atomic E-state index is 11.7. The maximum Gasteiger partial charge on any atom is 0.178 e. The molecule has 4 nitrogen and oxygen atoms in total. The van der Waals surface area contributed by atoms with Crippen molar-refractivity contribution >= 4 is 27.3 Å². The molecule has 1 rings (SSSR count). The molecule has 2 N–H and O–H groups in total. The normalized spacial score (nSPS) is 14.9. The summed E-state index contributed by atoms with van der Waals surface area (Å²) in [6.07, 6.45) is 1.95. The third-order valence-electron chi connectivity index (χ3n) is 3.03. The molecule has 0 aliphatic carbocycles. The van der Waals surface area contributed by atoms with Gasteiger partial charge in [0.15, 0.2) is 9.84 Å². The van der Waals surface area contributed by atoms with Crippen molar-refractivity contribution in [3.63, 3.8) is 0 Å². The Hall–Kier alpha value is -0.720. The Balaban J connectivity index is 2.78. The van der Waals surface area contributed by atoms with Crippen LogP contribution >= 0.6 is 11.8 Å². The molecule has 1 aromatic carbocycles. The summed E-state index contributed by atoms with van der Waals surface area (Å²) < 4.78 is 23.4. The van der Waals surface area contributed by atoms with Gasteiger partial charge in [0.1, 0.15) is 0 Å². The summed E-state index contributed by atoms with van der Waals surface area (Å²) in [7, 11) is -3.14. The summed E-state index contributed by atoms with van der Waals surface area (Å²) in [6.45, 7) is 3.74. The van der Waals surface area contributed by atoms with Crippen molar-refractivity contribution in [2.24, 2.45) is 0 Å². The van der Waals surface area contributed by atoms with Crippen LogP contribution in [0.4, 0.5) is 5.69 Å². The van der Waals surface area contributed by atoms with Gasteiger partial charge in [-0.15, -0.1) is 0 Å².